The molecular formula is C14H22N2O2. The van der Waals surface area contributed by atoms with Crippen molar-refractivity contribution in [3.05, 3.63) is 29.3 Å². The summed E-state index contributed by atoms with van der Waals surface area (Å²) in [6, 6.07) is 5.40. The lowest BCUT2D eigenvalue weighted by Crippen LogP contribution is -2.25. The average Bonchev–Trinajstić information content (AvgIpc) is 2.27. The van der Waals surface area contributed by atoms with Crippen molar-refractivity contribution in [2.24, 2.45) is 0 Å². The van der Waals surface area contributed by atoms with E-state index < -0.39 is 5.97 Å². The number of benzene rings is 1. The number of rotatable bonds is 6. The van der Waals surface area contributed by atoms with Crippen LogP contribution in [0.2, 0.25) is 0 Å². The minimum atomic E-state index is -0.867. The van der Waals surface area contributed by atoms with Crippen LogP contribution in [0.15, 0.2) is 18.2 Å². The zero-order valence-corrected chi connectivity index (χ0v) is 11.6. The first-order valence-corrected chi connectivity index (χ1v) is 6.12. The highest BCUT2D eigenvalue weighted by Gasteiger charge is 2.15. The molecule has 0 amide bonds. The third kappa shape index (κ3) is 3.74. The van der Waals surface area contributed by atoms with E-state index >= 15 is 0 Å². The lowest BCUT2D eigenvalue weighted by Gasteiger charge is -2.24. The van der Waals surface area contributed by atoms with Gasteiger partial charge in [0.2, 0.25) is 0 Å². The summed E-state index contributed by atoms with van der Waals surface area (Å²) >= 11 is 0. The van der Waals surface area contributed by atoms with E-state index in [0.29, 0.717) is 5.56 Å². The van der Waals surface area contributed by atoms with Gasteiger partial charge in [-0.25, -0.2) is 4.79 Å². The largest absolute Gasteiger partial charge is 0.478 e. The molecule has 0 unspecified atom stereocenters. The molecule has 1 rings (SSSR count). The van der Waals surface area contributed by atoms with Gasteiger partial charge in [0.25, 0.3) is 0 Å². The number of carbonyl (C=O) groups is 1. The molecule has 0 aliphatic rings. The number of hydrogen-bond donors (Lipinski definition) is 1. The number of anilines is 1. The standard InChI is InChI=1S/C14H22N2O2/c1-11-7-5-8-12(14(17)18)13(11)16(4)10-6-9-15(2)3/h5,7-8H,6,9-10H2,1-4H3,(H,17,18). The maximum absolute atomic E-state index is 11.2. The van der Waals surface area contributed by atoms with Gasteiger partial charge >= 0.3 is 5.97 Å². The molecule has 100 valence electrons. The van der Waals surface area contributed by atoms with Gasteiger partial charge in [0.1, 0.15) is 0 Å². The van der Waals surface area contributed by atoms with Crippen molar-refractivity contribution < 1.29 is 9.90 Å². The summed E-state index contributed by atoms with van der Waals surface area (Å²) in [4.78, 5) is 15.4. The first-order chi connectivity index (χ1) is 8.43. The average molecular weight is 250 g/mol. The fourth-order valence-electron chi connectivity index (χ4n) is 2.07. The van der Waals surface area contributed by atoms with Crippen molar-refractivity contribution in [1.82, 2.24) is 4.90 Å². The topological polar surface area (TPSA) is 43.8 Å². The van der Waals surface area contributed by atoms with E-state index in [0.717, 1.165) is 30.8 Å². The quantitative estimate of drug-likeness (QED) is 0.839. The minimum Gasteiger partial charge on any atom is -0.478 e. The Morgan fingerprint density at radius 3 is 2.44 bits per heavy atom. The number of carboxylic acid groups (broad SMARTS) is 1. The predicted molar refractivity (Wildman–Crippen MR) is 74.6 cm³/mol. The molecule has 0 radical (unpaired) electrons. The number of carboxylic acids is 1. The van der Waals surface area contributed by atoms with Gasteiger partial charge < -0.3 is 14.9 Å². The van der Waals surface area contributed by atoms with Crippen molar-refractivity contribution in [1.29, 1.82) is 0 Å². The molecular weight excluding hydrogens is 228 g/mol. The smallest absolute Gasteiger partial charge is 0.337 e. The molecule has 0 fully saturated rings. The van der Waals surface area contributed by atoms with Gasteiger partial charge in [-0.15, -0.1) is 0 Å². The summed E-state index contributed by atoms with van der Waals surface area (Å²) in [6.07, 6.45) is 1.01. The highest BCUT2D eigenvalue weighted by Crippen LogP contribution is 2.24. The molecule has 0 aliphatic heterocycles. The highest BCUT2D eigenvalue weighted by atomic mass is 16.4. The fourth-order valence-corrected chi connectivity index (χ4v) is 2.07. The van der Waals surface area contributed by atoms with Gasteiger partial charge in [-0.3, -0.25) is 0 Å². The monoisotopic (exact) mass is 250 g/mol. The van der Waals surface area contributed by atoms with Crippen LogP contribution in [0.1, 0.15) is 22.3 Å². The molecule has 1 N–H and O–H groups in total. The van der Waals surface area contributed by atoms with E-state index in [-0.39, 0.29) is 0 Å². The Labute approximate surface area is 109 Å². The van der Waals surface area contributed by atoms with Crippen molar-refractivity contribution >= 4 is 11.7 Å². The van der Waals surface area contributed by atoms with Crippen LogP contribution >= 0.6 is 0 Å². The van der Waals surface area contributed by atoms with Crippen molar-refractivity contribution in [2.75, 3.05) is 39.1 Å². The van der Waals surface area contributed by atoms with Crippen molar-refractivity contribution in [3.8, 4) is 0 Å². The molecule has 0 atom stereocenters. The molecule has 0 aromatic heterocycles. The van der Waals surface area contributed by atoms with E-state index in [1.165, 1.54) is 0 Å². The molecule has 0 aliphatic carbocycles. The second-order valence-corrected chi connectivity index (χ2v) is 4.85. The van der Waals surface area contributed by atoms with E-state index in [1.807, 2.05) is 39.0 Å². The fraction of sp³-hybridized carbons (Fsp3) is 0.500. The molecule has 0 spiro atoms. The van der Waals surface area contributed by atoms with Crippen molar-refractivity contribution in [2.45, 2.75) is 13.3 Å². The first kappa shape index (κ1) is 14.5. The molecule has 4 heteroatoms. The minimum absolute atomic E-state index is 0.377. The van der Waals surface area contributed by atoms with Gasteiger partial charge in [-0.05, 0) is 45.6 Å². The summed E-state index contributed by atoms with van der Waals surface area (Å²) in [6.45, 7) is 3.80. The van der Waals surface area contributed by atoms with Crippen LogP contribution < -0.4 is 4.90 Å². The molecule has 1 aromatic carbocycles. The lowest BCUT2D eigenvalue weighted by molar-refractivity contribution is 0.0697. The summed E-state index contributed by atoms with van der Waals surface area (Å²) in [5.41, 5.74) is 2.20. The Bertz CT molecular complexity index is 416. The zero-order chi connectivity index (χ0) is 13.7. The Morgan fingerprint density at radius 1 is 1.22 bits per heavy atom. The Morgan fingerprint density at radius 2 is 1.89 bits per heavy atom. The van der Waals surface area contributed by atoms with E-state index in [2.05, 4.69) is 4.90 Å². The highest BCUT2D eigenvalue weighted by molar-refractivity contribution is 5.95. The maximum Gasteiger partial charge on any atom is 0.337 e. The summed E-state index contributed by atoms with van der Waals surface area (Å²) in [5, 5.41) is 9.22. The second kappa shape index (κ2) is 6.40. The summed E-state index contributed by atoms with van der Waals surface area (Å²) in [5.74, 6) is -0.867. The third-order valence-corrected chi connectivity index (χ3v) is 2.95. The number of aryl methyl sites for hydroxylation is 1. The van der Waals surface area contributed by atoms with Crippen molar-refractivity contribution in [3.63, 3.8) is 0 Å². The van der Waals surface area contributed by atoms with Gasteiger partial charge in [-0.2, -0.15) is 0 Å². The van der Waals surface area contributed by atoms with Gasteiger partial charge in [-0.1, -0.05) is 12.1 Å². The first-order valence-electron chi connectivity index (χ1n) is 6.12. The summed E-state index contributed by atoms with van der Waals surface area (Å²) in [7, 11) is 6.03. The molecule has 18 heavy (non-hydrogen) atoms. The molecule has 0 bridgehead atoms. The number of nitrogens with zero attached hydrogens (tertiary/aromatic N) is 2. The van der Waals surface area contributed by atoms with Crippen LogP contribution in [0.25, 0.3) is 0 Å². The zero-order valence-electron chi connectivity index (χ0n) is 11.6. The predicted octanol–water partition coefficient (Wildman–Crippen LogP) is 2.08. The third-order valence-electron chi connectivity index (χ3n) is 2.95. The van der Waals surface area contributed by atoms with Gasteiger partial charge in [0.05, 0.1) is 11.3 Å². The SMILES string of the molecule is Cc1cccc(C(=O)O)c1N(C)CCCN(C)C. The lowest BCUT2D eigenvalue weighted by atomic mass is 10.1. The summed E-state index contributed by atoms with van der Waals surface area (Å²) < 4.78 is 0. The molecule has 0 saturated heterocycles. The Balaban J connectivity index is 2.84. The second-order valence-electron chi connectivity index (χ2n) is 4.85. The normalized spacial score (nSPS) is 10.7. The number of aromatic carboxylic acids is 1. The number of para-hydroxylation sites is 1. The van der Waals surface area contributed by atoms with Gasteiger partial charge in [0, 0.05) is 13.6 Å². The van der Waals surface area contributed by atoms with Gasteiger partial charge in [0.15, 0.2) is 0 Å². The van der Waals surface area contributed by atoms with Crippen LogP contribution in [0.4, 0.5) is 5.69 Å². The molecule has 1 aromatic rings. The van der Waals surface area contributed by atoms with Crippen LogP contribution in [0, 0.1) is 6.92 Å². The molecule has 0 heterocycles. The molecule has 4 nitrogen and oxygen atoms in total. The maximum atomic E-state index is 11.2. The van der Waals surface area contributed by atoms with E-state index in [9.17, 15) is 9.90 Å². The Kier molecular flexibility index (Phi) is 5.16. The van der Waals surface area contributed by atoms with Crippen LogP contribution in [-0.4, -0.2) is 50.2 Å². The van der Waals surface area contributed by atoms with Crippen LogP contribution in [0.3, 0.4) is 0 Å². The van der Waals surface area contributed by atoms with Crippen LogP contribution in [0.5, 0.6) is 0 Å². The molecule has 0 saturated carbocycles. The van der Waals surface area contributed by atoms with Crippen LogP contribution in [-0.2, 0) is 0 Å². The van der Waals surface area contributed by atoms with E-state index in [1.54, 1.807) is 12.1 Å². The van der Waals surface area contributed by atoms with E-state index in [4.69, 9.17) is 0 Å². The Hall–Kier alpha value is -1.55. The number of hydrogen-bond acceptors (Lipinski definition) is 3.